The van der Waals surface area contributed by atoms with Crippen molar-refractivity contribution < 1.29 is 32.6 Å². The summed E-state index contributed by atoms with van der Waals surface area (Å²) in [5.41, 5.74) is 1.58. The summed E-state index contributed by atoms with van der Waals surface area (Å²) in [4.78, 5) is 29.0. The Kier molecular flexibility index (Phi) is 12.9. The fourth-order valence-corrected chi connectivity index (χ4v) is 6.78. The fraction of sp³-hybridized carbons (Fsp3) is 0.444. The molecule has 4 atom stereocenters. The van der Waals surface area contributed by atoms with Crippen LogP contribution in [0.1, 0.15) is 56.0 Å². The first-order valence-corrected chi connectivity index (χ1v) is 17.6. The van der Waals surface area contributed by atoms with Crippen molar-refractivity contribution in [3.8, 4) is 5.75 Å². The highest BCUT2D eigenvalue weighted by Crippen LogP contribution is 2.29. The maximum Gasteiger partial charge on any atom is 0.258 e. The molecule has 0 aliphatic carbocycles. The van der Waals surface area contributed by atoms with Gasteiger partial charge in [0.15, 0.2) is 0 Å². The normalized spacial score (nSPS) is 20.5. The second kappa shape index (κ2) is 16.9. The van der Waals surface area contributed by atoms with Gasteiger partial charge in [-0.15, -0.1) is 0 Å². The number of aliphatic hydroxyl groups excluding tert-OH is 1. The van der Waals surface area contributed by atoms with Crippen molar-refractivity contribution in [2.45, 2.75) is 69.6 Å². The maximum atomic E-state index is 14.3. The van der Waals surface area contributed by atoms with Crippen LogP contribution >= 0.6 is 0 Å². The molecular weight excluding hydrogens is 618 g/mol. The van der Waals surface area contributed by atoms with Gasteiger partial charge in [0.1, 0.15) is 5.75 Å². The van der Waals surface area contributed by atoms with Crippen LogP contribution < -0.4 is 10.1 Å². The van der Waals surface area contributed by atoms with Crippen molar-refractivity contribution in [3.63, 3.8) is 0 Å². The first-order valence-electron chi connectivity index (χ1n) is 16.2. The monoisotopic (exact) mass is 665 g/mol. The molecule has 1 heterocycles. The van der Waals surface area contributed by atoms with Crippen LogP contribution in [0.2, 0.25) is 0 Å². The smallest absolute Gasteiger partial charge is 0.258 e. The van der Waals surface area contributed by atoms with Gasteiger partial charge in [-0.2, -0.15) is 4.31 Å². The molecule has 2 amide bonds. The molecule has 0 bridgehead atoms. The number of ether oxygens (including phenoxy) is 2. The average Bonchev–Trinajstić information content (AvgIpc) is 3.06. The zero-order chi connectivity index (χ0) is 34.0. The first kappa shape index (κ1) is 36.1. The van der Waals surface area contributed by atoms with E-state index >= 15 is 0 Å². The zero-order valence-electron chi connectivity index (χ0n) is 27.7. The predicted octanol–water partition coefficient (Wildman–Crippen LogP) is 4.98. The fourth-order valence-electron chi connectivity index (χ4n) is 5.57. The first-order chi connectivity index (χ1) is 22.5. The Bertz CT molecular complexity index is 1570. The molecule has 2 N–H and O–H groups in total. The van der Waals surface area contributed by atoms with E-state index in [1.807, 2.05) is 44.2 Å². The van der Waals surface area contributed by atoms with E-state index < -0.39 is 22.2 Å². The van der Waals surface area contributed by atoms with Gasteiger partial charge in [0.25, 0.3) is 5.91 Å². The number of anilines is 1. The highest BCUT2D eigenvalue weighted by atomic mass is 32.2. The number of aliphatic hydroxyl groups is 1. The summed E-state index contributed by atoms with van der Waals surface area (Å²) >= 11 is 0. The summed E-state index contributed by atoms with van der Waals surface area (Å²) in [5.74, 6) is -0.505. The van der Waals surface area contributed by atoms with E-state index in [2.05, 4.69) is 5.32 Å². The second-order valence-corrected chi connectivity index (χ2v) is 14.4. The molecule has 47 heavy (non-hydrogen) atoms. The van der Waals surface area contributed by atoms with Crippen LogP contribution in [0.3, 0.4) is 0 Å². The number of hydrogen-bond acceptors (Lipinski definition) is 7. The molecule has 3 aromatic carbocycles. The molecule has 0 spiro atoms. The third kappa shape index (κ3) is 9.87. The topological polar surface area (TPSA) is 125 Å². The van der Waals surface area contributed by atoms with Crippen molar-refractivity contribution in [1.29, 1.82) is 0 Å². The number of amides is 2. The van der Waals surface area contributed by atoms with Crippen LogP contribution in [0.15, 0.2) is 83.8 Å². The van der Waals surface area contributed by atoms with Crippen LogP contribution in [0.25, 0.3) is 0 Å². The summed E-state index contributed by atoms with van der Waals surface area (Å²) < 4.78 is 40.6. The quantitative estimate of drug-likeness (QED) is 0.330. The molecule has 1 aliphatic heterocycles. The van der Waals surface area contributed by atoms with Gasteiger partial charge in [-0.1, -0.05) is 55.5 Å². The third-order valence-corrected chi connectivity index (χ3v) is 10.3. The van der Waals surface area contributed by atoms with Gasteiger partial charge < -0.3 is 24.8 Å². The molecule has 0 saturated heterocycles. The number of likely N-dealkylation sites (N-methyl/N-ethyl adjacent to an activating group) is 1. The van der Waals surface area contributed by atoms with Gasteiger partial charge in [-0.05, 0) is 69.0 Å². The van der Waals surface area contributed by atoms with E-state index in [-0.39, 0.29) is 60.4 Å². The van der Waals surface area contributed by atoms with Gasteiger partial charge in [-0.3, -0.25) is 9.59 Å². The minimum atomic E-state index is -3.77. The summed E-state index contributed by atoms with van der Waals surface area (Å²) in [6, 6.07) is 22.1. The van der Waals surface area contributed by atoms with Crippen LogP contribution in [-0.2, 0) is 26.0 Å². The molecule has 0 fully saturated rings. The number of carbonyl (C=O) groups is 2. The molecule has 1 aliphatic rings. The van der Waals surface area contributed by atoms with E-state index in [0.29, 0.717) is 24.5 Å². The van der Waals surface area contributed by atoms with E-state index in [0.717, 1.165) is 18.4 Å². The Morgan fingerprint density at radius 2 is 1.72 bits per heavy atom. The summed E-state index contributed by atoms with van der Waals surface area (Å²) in [5, 5.41) is 13.1. The van der Waals surface area contributed by atoms with Gasteiger partial charge in [0.05, 0.1) is 41.7 Å². The standard InChI is InChI=1S/C36H47N3O7S/c1-26-23-39(27(2)25-40)36(42)32-22-30(37-35(41)21-29-14-7-5-8-15-29)18-19-33(32)46-28(3)13-11-12-20-45-34(26)24-38(4)47(43,44)31-16-9-6-10-17-31/h5-10,14-19,22,26-28,34,40H,11-13,20-21,23-25H2,1-4H3,(H,37,41)/t26-,27+,28-,34+/m0/s1. The number of fused-ring (bicyclic) bond motifs is 1. The average molecular weight is 666 g/mol. The van der Waals surface area contributed by atoms with Gasteiger partial charge in [0.2, 0.25) is 15.9 Å². The molecule has 10 nitrogen and oxygen atoms in total. The molecule has 0 radical (unpaired) electrons. The summed E-state index contributed by atoms with van der Waals surface area (Å²) in [6.07, 6.45) is 1.72. The minimum Gasteiger partial charge on any atom is -0.490 e. The highest BCUT2D eigenvalue weighted by Gasteiger charge is 2.32. The molecule has 4 rings (SSSR count). The van der Waals surface area contributed by atoms with Crippen LogP contribution in [0.5, 0.6) is 5.75 Å². The van der Waals surface area contributed by atoms with Gasteiger partial charge >= 0.3 is 0 Å². The Balaban J connectivity index is 1.63. The van der Waals surface area contributed by atoms with Crippen LogP contribution in [0, 0.1) is 5.92 Å². The SMILES string of the molecule is C[C@H](CO)N1C[C@H](C)[C@@H](CN(C)S(=O)(=O)c2ccccc2)OCCCC[C@H](C)Oc2ccc(NC(=O)Cc3ccccc3)cc2C1=O. The van der Waals surface area contributed by atoms with E-state index in [4.69, 9.17) is 9.47 Å². The number of hydrogen-bond donors (Lipinski definition) is 2. The zero-order valence-corrected chi connectivity index (χ0v) is 28.5. The Hall–Kier alpha value is -3.77. The van der Waals surface area contributed by atoms with Crippen molar-refractivity contribution in [3.05, 3.63) is 90.0 Å². The molecule has 0 aromatic heterocycles. The largest absolute Gasteiger partial charge is 0.490 e. The van der Waals surface area contributed by atoms with Crippen molar-refractivity contribution in [2.24, 2.45) is 5.92 Å². The third-order valence-electron chi connectivity index (χ3n) is 8.43. The minimum absolute atomic E-state index is 0.0849. The predicted molar refractivity (Wildman–Crippen MR) is 182 cm³/mol. The van der Waals surface area contributed by atoms with Gasteiger partial charge in [0, 0.05) is 38.3 Å². The van der Waals surface area contributed by atoms with Crippen LogP contribution in [-0.4, -0.2) is 86.1 Å². The molecule has 254 valence electrons. The lowest BCUT2D eigenvalue weighted by Gasteiger charge is -2.35. The number of carbonyl (C=O) groups excluding carboxylic acids is 2. The number of rotatable bonds is 9. The Labute approximate surface area is 278 Å². The van der Waals surface area contributed by atoms with Gasteiger partial charge in [-0.25, -0.2) is 8.42 Å². The highest BCUT2D eigenvalue weighted by molar-refractivity contribution is 7.89. The van der Waals surface area contributed by atoms with Crippen LogP contribution in [0.4, 0.5) is 5.69 Å². The molecule has 0 unspecified atom stereocenters. The Morgan fingerprint density at radius 1 is 1.04 bits per heavy atom. The van der Waals surface area contributed by atoms with Crippen molar-refractivity contribution >= 4 is 27.5 Å². The number of nitrogens with zero attached hydrogens (tertiary/aromatic N) is 2. The molecular formula is C36H47N3O7S. The number of sulfonamides is 1. The second-order valence-electron chi connectivity index (χ2n) is 12.3. The lowest BCUT2D eigenvalue weighted by atomic mass is 10.0. The summed E-state index contributed by atoms with van der Waals surface area (Å²) in [7, 11) is -2.23. The Morgan fingerprint density at radius 3 is 2.40 bits per heavy atom. The summed E-state index contributed by atoms with van der Waals surface area (Å²) in [6.45, 7) is 6.03. The lowest BCUT2D eigenvalue weighted by molar-refractivity contribution is -0.115. The molecule has 11 heteroatoms. The van der Waals surface area contributed by atoms with Crippen molar-refractivity contribution in [2.75, 3.05) is 38.7 Å². The van der Waals surface area contributed by atoms with E-state index in [1.54, 1.807) is 60.4 Å². The molecule has 3 aromatic rings. The maximum absolute atomic E-state index is 14.3. The van der Waals surface area contributed by atoms with E-state index in [1.165, 1.54) is 11.4 Å². The van der Waals surface area contributed by atoms with E-state index in [9.17, 15) is 23.1 Å². The van der Waals surface area contributed by atoms with Crippen molar-refractivity contribution in [1.82, 2.24) is 9.21 Å². The lowest BCUT2D eigenvalue weighted by Crippen LogP contribution is -2.48. The molecule has 0 saturated carbocycles. The number of benzene rings is 3. The number of nitrogens with one attached hydrogen (secondary N) is 1.